The highest BCUT2D eigenvalue weighted by molar-refractivity contribution is 6.35. The second kappa shape index (κ2) is 11.9. The summed E-state index contributed by atoms with van der Waals surface area (Å²) >= 11 is 0. The minimum Gasteiger partial charge on any atom is -0.360 e. The molecule has 0 amide bonds. The zero-order valence-corrected chi connectivity index (χ0v) is 25.4. The van der Waals surface area contributed by atoms with E-state index in [1.54, 1.807) is 6.92 Å². The maximum atomic E-state index is 9.12. The van der Waals surface area contributed by atoms with Crippen LogP contribution in [0.5, 0.6) is 0 Å². The molecule has 232 valence electrons. The number of aromatic nitrogens is 2. The molecule has 0 radical (unpaired) electrons. The minimum atomic E-state index is -0.693. The third-order valence-corrected chi connectivity index (χ3v) is 8.19. The van der Waals surface area contributed by atoms with Gasteiger partial charge in [-0.1, -0.05) is 121 Å². The van der Waals surface area contributed by atoms with Crippen LogP contribution in [0.2, 0.25) is 0 Å². The van der Waals surface area contributed by atoms with Crippen LogP contribution in [0.1, 0.15) is 66.5 Å². The highest BCUT2D eigenvalue weighted by Gasteiger charge is 2.25. The highest BCUT2D eigenvalue weighted by Crippen LogP contribution is 2.37. The van der Waals surface area contributed by atoms with Crippen LogP contribution >= 0.6 is 0 Å². The first-order chi connectivity index (χ1) is 32.5. The Morgan fingerprint density at radius 3 is 1.47 bits per heavy atom. The van der Waals surface area contributed by atoms with E-state index in [9.17, 15) is 0 Å². The van der Waals surface area contributed by atoms with Crippen molar-refractivity contribution in [3.05, 3.63) is 225 Å². The molecule has 6 aromatic rings. The maximum Gasteiger partial charge on any atom is 0.0738 e. The molecule has 49 heavy (non-hydrogen) atoms. The Bertz CT molecular complexity index is 3620. The molecule has 0 aliphatic carbocycles. The van der Waals surface area contributed by atoms with Gasteiger partial charge < -0.3 is 9.97 Å². The summed E-state index contributed by atoms with van der Waals surface area (Å²) in [5, 5.41) is 0.147. The van der Waals surface area contributed by atoms with Crippen molar-refractivity contribution in [3.8, 4) is 0 Å². The molecule has 4 heteroatoms. The van der Waals surface area contributed by atoms with E-state index in [-0.39, 0.29) is 94.9 Å². The number of aliphatic imine (C=N–C) groups is 2. The second-order valence-corrected chi connectivity index (χ2v) is 10.9. The number of benzene rings is 4. The van der Waals surface area contributed by atoms with E-state index in [0.717, 1.165) is 0 Å². The van der Waals surface area contributed by atoms with Gasteiger partial charge in [-0.2, -0.15) is 0 Å². The van der Waals surface area contributed by atoms with Crippen LogP contribution in [0, 0.1) is 6.92 Å². The molecule has 0 spiro atoms. The number of fused-ring (bicyclic) bond motifs is 6. The molecular formula is C45H32N4. The lowest BCUT2D eigenvalue weighted by atomic mass is 9.93. The molecule has 9 rings (SSSR count). The summed E-state index contributed by atoms with van der Waals surface area (Å²) in [6, 6.07) is -10.2. The van der Waals surface area contributed by atoms with Crippen molar-refractivity contribution >= 4 is 33.7 Å². The quantitative estimate of drug-likeness (QED) is 0.193. The fourth-order valence-corrected chi connectivity index (χ4v) is 6.07. The largest absolute Gasteiger partial charge is 0.360 e. The second-order valence-electron chi connectivity index (χ2n) is 10.9. The summed E-state index contributed by atoms with van der Waals surface area (Å²) in [6.45, 7) is 1.59. The van der Waals surface area contributed by atoms with Crippen molar-refractivity contribution in [3.63, 3.8) is 0 Å². The van der Waals surface area contributed by atoms with Crippen molar-refractivity contribution in [2.75, 3.05) is 0 Å². The summed E-state index contributed by atoms with van der Waals surface area (Å²) in [7, 11) is 0. The van der Waals surface area contributed by atoms with Gasteiger partial charge in [0.15, 0.2) is 0 Å². The first-order valence-corrected chi connectivity index (χ1v) is 15.0. The van der Waals surface area contributed by atoms with Gasteiger partial charge in [-0.05, 0) is 71.2 Å². The van der Waals surface area contributed by atoms with E-state index in [1.165, 1.54) is 42.6 Å². The molecule has 0 unspecified atom stereocenters. The lowest BCUT2D eigenvalue weighted by molar-refractivity contribution is 1.24. The molecule has 4 aromatic carbocycles. The van der Waals surface area contributed by atoms with E-state index in [0.29, 0.717) is 0 Å². The SMILES string of the molecule is [2H]c1c([2H])c([2H])c(C2=C3C=CC(=N3)C(c3c([2H])c([2H])c([2H])c([2H])c3[2H])=c3ccc([nH]3)=C(c3c([2H])c([2H])c([2H])c([2H])c3[2H])c3c[nH]c(c3C)C(c3c([2H])c([2H])c([2H])c([2H])c3[2H])=C3C=CC2=N3)c([2H])c1[2H]. The topological polar surface area (TPSA) is 56.3 Å². The molecule has 0 saturated heterocycles. The molecule has 2 aromatic heterocycles. The molecule has 0 saturated carbocycles. The van der Waals surface area contributed by atoms with Gasteiger partial charge in [0.05, 0.1) is 55.9 Å². The molecule has 8 bridgehead atoms. The molecule has 4 nitrogen and oxygen atoms in total. The Balaban J connectivity index is 1.56. The zero-order valence-electron chi connectivity index (χ0n) is 45.4. The third kappa shape index (κ3) is 5.02. The van der Waals surface area contributed by atoms with Crippen molar-refractivity contribution < 1.29 is 27.4 Å². The minimum absolute atomic E-state index is 0.00952. The number of hydrogen-bond acceptors (Lipinski definition) is 2. The number of hydrogen-bond donors (Lipinski definition) is 2. The molecular weight excluding hydrogens is 597 g/mol. The number of allylic oxidation sites excluding steroid dienone is 5. The predicted octanol–water partition coefficient (Wildman–Crippen LogP) is 8.30. The van der Waals surface area contributed by atoms with Gasteiger partial charge >= 0.3 is 0 Å². The number of nitrogens with one attached hydrogen (secondary N) is 2. The maximum absolute atomic E-state index is 9.12. The summed E-state index contributed by atoms with van der Waals surface area (Å²) in [5.74, 6) is 0. The molecule has 5 heterocycles. The summed E-state index contributed by atoms with van der Waals surface area (Å²) in [6.07, 6.45) is 7.14. The molecule has 3 aliphatic heterocycles. The number of aromatic amines is 2. The van der Waals surface area contributed by atoms with E-state index in [4.69, 9.17) is 37.4 Å². The molecule has 3 aliphatic rings. The Labute approximate surface area is 313 Å². The zero-order chi connectivity index (χ0) is 50.1. The lowest BCUT2D eigenvalue weighted by Gasteiger charge is -2.13. The Morgan fingerprint density at radius 2 is 0.918 bits per heavy atom. The predicted molar refractivity (Wildman–Crippen MR) is 202 cm³/mol. The average Bonchev–Trinajstić information content (AvgIpc) is 4.18. The van der Waals surface area contributed by atoms with E-state index in [1.807, 2.05) is 0 Å². The van der Waals surface area contributed by atoms with Gasteiger partial charge in [-0.15, -0.1) is 0 Å². The van der Waals surface area contributed by atoms with Crippen LogP contribution in [-0.4, -0.2) is 21.4 Å². The average molecular weight is 649 g/mol. The fraction of sp³-hybridized carbons (Fsp3) is 0.0222. The standard InChI is InChI=1S/C45H32N4/c1-29-34-28-46-45(29)44(33-20-12-5-13-21-33)40-27-26-39(49-40)43(32-18-10-4-11-19-32)38-25-24-37(48-38)42(31-16-8-3-9-17-31)36-23-22-35(47-36)41(34)30-14-6-2-7-15-30/h2-28,46-47H,1H3/i2D,3D,4D,5D,6D,7D,8D,9D,10D,11D,12D,13D,14D,15D,16D,17D,18D,19D,20D,21D. The Hall–Kier alpha value is -6.52. The van der Waals surface area contributed by atoms with Crippen LogP contribution < -0.4 is 10.7 Å². The van der Waals surface area contributed by atoms with Crippen molar-refractivity contribution in [1.82, 2.24) is 9.97 Å². The first kappa shape index (κ1) is 14.7. The number of nitrogens with zero attached hydrogens (tertiary/aromatic N) is 2. The van der Waals surface area contributed by atoms with Gasteiger partial charge in [0.2, 0.25) is 0 Å². The van der Waals surface area contributed by atoms with Gasteiger partial charge in [-0.3, -0.25) is 0 Å². The van der Waals surface area contributed by atoms with Crippen LogP contribution in [0.25, 0.3) is 22.3 Å². The van der Waals surface area contributed by atoms with Gasteiger partial charge in [0.1, 0.15) is 0 Å². The van der Waals surface area contributed by atoms with Crippen LogP contribution in [0.4, 0.5) is 0 Å². The van der Waals surface area contributed by atoms with Crippen molar-refractivity contribution in [1.29, 1.82) is 0 Å². The lowest BCUT2D eigenvalue weighted by Crippen LogP contribution is -2.19. The highest BCUT2D eigenvalue weighted by atomic mass is 14.8. The van der Waals surface area contributed by atoms with E-state index < -0.39 is 121 Å². The number of H-pyrrole nitrogens is 2. The first-order valence-electron chi connectivity index (χ1n) is 25.0. The molecule has 0 atom stereocenters. The van der Waals surface area contributed by atoms with Crippen LogP contribution in [-0.2, 0) is 0 Å². The van der Waals surface area contributed by atoms with Crippen molar-refractivity contribution in [2.45, 2.75) is 6.92 Å². The van der Waals surface area contributed by atoms with Crippen molar-refractivity contribution in [2.24, 2.45) is 9.98 Å². The van der Waals surface area contributed by atoms with Gasteiger partial charge in [-0.25, -0.2) is 9.98 Å². The van der Waals surface area contributed by atoms with E-state index in [2.05, 4.69) is 9.97 Å². The van der Waals surface area contributed by atoms with Gasteiger partial charge in [0.25, 0.3) is 0 Å². The molecule has 2 N–H and O–H groups in total. The summed E-state index contributed by atoms with van der Waals surface area (Å²) in [5.41, 5.74) is -1.17. The normalized spacial score (nSPS) is 21.0. The van der Waals surface area contributed by atoms with E-state index >= 15 is 0 Å². The van der Waals surface area contributed by atoms with Crippen LogP contribution in [0.3, 0.4) is 0 Å². The fourth-order valence-electron chi connectivity index (χ4n) is 6.07. The smallest absolute Gasteiger partial charge is 0.0738 e. The number of rotatable bonds is 4. The molecule has 0 fully saturated rings. The third-order valence-electron chi connectivity index (χ3n) is 8.19. The summed E-state index contributed by atoms with van der Waals surface area (Å²) < 4.78 is 175. The summed E-state index contributed by atoms with van der Waals surface area (Å²) in [4.78, 5) is 16.1. The Morgan fingerprint density at radius 1 is 0.490 bits per heavy atom. The Kier molecular flexibility index (Phi) is 3.58. The van der Waals surface area contributed by atoms with Crippen LogP contribution in [0.15, 0.2) is 185 Å². The van der Waals surface area contributed by atoms with Gasteiger partial charge in [0, 0.05) is 44.8 Å². The monoisotopic (exact) mass is 648 g/mol.